The maximum absolute atomic E-state index is 12.1. The molecular formula is C13H17BrN2O3. The van der Waals surface area contributed by atoms with Crippen LogP contribution >= 0.6 is 15.9 Å². The van der Waals surface area contributed by atoms with Gasteiger partial charge in [0.15, 0.2) is 0 Å². The molecule has 104 valence electrons. The third-order valence-electron chi connectivity index (χ3n) is 2.92. The minimum atomic E-state index is -0.651. The van der Waals surface area contributed by atoms with Crippen molar-refractivity contribution >= 4 is 27.8 Å². The van der Waals surface area contributed by atoms with E-state index >= 15 is 0 Å². The standard InChI is InChI=1S/C13H17BrN2O3/c1-4-8(2)11(13(18)19-3)16-12(17)9-5-10(14)7-15-6-9/h5-8,11H,4H2,1-3H3,(H,16,17). The summed E-state index contributed by atoms with van der Waals surface area (Å²) in [7, 11) is 1.31. The monoisotopic (exact) mass is 328 g/mol. The Bertz CT molecular complexity index is 465. The van der Waals surface area contributed by atoms with Gasteiger partial charge in [-0.15, -0.1) is 0 Å². The largest absolute Gasteiger partial charge is 0.467 e. The number of hydrogen-bond acceptors (Lipinski definition) is 4. The Morgan fingerprint density at radius 2 is 2.16 bits per heavy atom. The molecule has 0 bridgehead atoms. The molecule has 1 N–H and O–H groups in total. The highest BCUT2D eigenvalue weighted by atomic mass is 79.9. The number of aromatic nitrogens is 1. The summed E-state index contributed by atoms with van der Waals surface area (Å²) < 4.78 is 5.42. The summed E-state index contributed by atoms with van der Waals surface area (Å²) in [5.74, 6) is -0.785. The minimum Gasteiger partial charge on any atom is -0.467 e. The summed E-state index contributed by atoms with van der Waals surface area (Å²) in [5, 5.41) is 2.69. The van der Waals surface area contributed by atoms with E-state index in [2.05, 4.69) is 26.2 Å². The van der Waals surface area contributed by atoms with E-state index in [0.717, 1.165) is 6.42 Å². The van der Waals surface area contributed by atoms with Gasteiger partial charge in [0.1, 0.15) is 6.04 Å². The van der Waals surface area contributed by atoms with Crippen molar-refractivity contribution in [3.05, 3.63) is 28.5 Å². The lowest BCUT2D eigenvalue weighted by molar-refractivity contribution is -0.144. The number of rotatable bonds is 5. The van der Waals surface area contributed by atoms with Crippen molar-refractivity contribution in [3.63, 3.8) is 0 Å². The smallest absolute Gasteiger partial charge is 0.328 e. The minimum absolute atomic E-state index is 0.00323. The number of nitrogens with zero attached hydrogens (tertiary/aromatic N) is 1. The molecule has 2 unspecified atom stereocenters. The molecule has 0 fully saturated rings. The second-order valence-electron chi connectivity index (χ2n) is 4.25. The fourth-order valence-electron chi connectivity index (χ4n) is 1.56. The summed E-state index contributed by atoms with van der Waals surface area (Å²) in [6.45, 7) is 3.84. The third-order valence-corrected chi connectivity index (χ3v) is 3.36. The van der Waals surface area contributed by atoms with Gasteiger partial charge in [-0.05, 0) is 27.9 Å². The van der Waals surface area contributed by atoms with Gasteiger partial charge in [0.25, 0.3) is 5.91 Å². The van der Waals surface area contributed by atoms with Crippen molar-refractivity contribution in [1.29, 1.82) is 0 Å². The van der Waals surface area contributed by atoms with Crippen molar-refractivity contribution in [1.82, 2.24) is 10.3 Å². The van der Waals surface area contributed by atoms with E-state index in [-0.39, 0.29) is 11.8 Å². The number of esters is 1. The molecule has 0 saturated heterocycles. The predicted molar refractivity (Wildman–Crippen MR) is 74.7 cm³/mol. The van der Waals surface area contributed by atoms with Crippen molar-refractivity contribution < 1.29 is 14.3 Å². The summed E-state index contributed by atoms with van der Waals surface area (Å²) in [5.41, 5.74) is 0.395. The Labute approximate surface area is 120 Å². The van der Waals surface area contributed by atoms with Crippen LogP contribution in [0.2, 0.25) is 0 Å². The van der Waals surface area contributed by atoms with Gasteiger partial charge in [0, 0.05) is 16.9 Å². The van der Waals surface area contributed by atoms with Crippen LogP contribution in [0, 0.1) is 5.92 Å². The number of halogens is 1. The number of amides is 1. The van der Waals surface area contributed by atoms with Crippen molar-refractivity contribution in [2.75, 3.05) is 7.11 Å². The molecule has 6 heteroatoms. The van der Waals surface area contributed by atoms with Crippen LogP contribution in [0.3, 0.4) is 0 Å². The molecule has 1 amide bonds. The van der Waals surface area contributed by atoms with Crippen molar-refractivity contribution in [3.8, 4) is 0 Å². The molecule has 1 aromatic rings. The SMILES string of the molecule is CCC(C)C(NC(=O)c1cncc(Br)c1)C(=O)OC. The Morgan fingerprint density at radius 3 is 2.68 bits per heavy atom. The van der Waals surface area contributed by atoms with Gasteiger partial charge in [0.2, 0.25) is 0 Å². The van der Waals surface area contributed by atoms with Gasteiger partial charge >= 0.3 is 5.97 Å². The molecule has 0 aliphatic heterocycles. The van der Waals surface area contributed by atoms with Crippen LogP contribution in [0.15, 0.2) is 22.9 Å². The van der Waals surface area contributed by atoms with Crippen LogP contribution < -0.4 is 5.32 Å². The lowest BCUT2D eigenvalue weighted by atomic mass is 9.99. The van der Waals surface area contributed by atoms with Gasteiger partial charge in [-0.25, -0.2) is 4.79 Å². The van der Waals surface area contributed by atoms with Gasteiger partial charge < -0.3 is 10.1 Å². The zero-order valence-corrected chi connectivity index (χ0v) is 12.7. The van der Waals surface area contributed by atoms with E-state index in [1.54, 1.807) is 12.3 Å². The molecular weight excluding hydrogens is 312 g/mol. The molecule has 5 nitrogen and oxygen atoms in total. The fourth-order valence-corrected chi connectivity index (χ4v) is 1.92. The summed E-state index contributed by atoms with van der Waals surface area (Å²) in [6, 6.07) is 0.995. The lowest BCUT2D eigenvalue weighted by Crippen LogP contribution is -2.45. The maximum Gasteiger partial charge on any atom is 0.328 e. The Morgan fingerprint density at radius 1 is 1.47 bits per heavy atom. The van der Waals surface area contributed by atoms with Crippen LogP contribution in [0.5, 0.6) is 0 Å². The predicted octanol–water partition coefficient (Wildman–Crippen LogP) is 2.16. The number of carbonyl (C=O) groups excluding carboxylic acids is 2. The number of ether oxygens (including phenoxy) is 1. The average Bonchev–Trinajstić information content (AvgIpc) is 2.42. The molecule has 0 radical (unpaired) electrons. The molecule has 0 aromatic carbocycles. The van der Waals surface area contributed by atoms with Gasteiger partial charge in [-0.1, -0.05) is 20.3 Å². The number of hydrogen-bond donors (Lipinski definition) is 1. The number of carbonyl (C=O) groups is 2. The topological polar surface area (TPSA) is 68.3 Å². The van der Waals surface area contributed by atoms with E-state index in [1.165, 1.54) is 13.3 Å². The molecule has 2 atom stereocenters. The van der Waals surface area contributed by atoms with Crippen LogP contribution in [0.1, 0.15) is 30.6 Å². The molecule has 1 heterocycles. The van der Waals surface area contributed by atoms with Gasteiger partial charge in [-0.2, -0.15) is 0 Å². The molecule has 0 saturated carbocycles. The zero-order valence-electron chi connectivity index (χ0n) is 11.1. The van der Waals surface area contributed by atoms with Gasteiger partial charge in [0.05, 0.1) is 12.7 Å². The maximum atomic E-state index is 12.1. The molecule has 1 aromatic heterocycles. The highest BCUT2D eigenvalue weighted by Gasteiger charge is 2.27. The highest BCUT2D eigenvalue weighted by molar-refractivity contribution is 9.10. The van der Waals surface area contributed by atoms with E-state index in [1.807, 2.05) is 13.8 Å². The van der Waals surface area contributed by atoms with Gasteiger partial charge in [-0.3, -0.25) is 9.78 Å². The highest BCUT2D eigenvalue weighted by Crippen LogP contribution is 2.12. The first-order chi connectivity index (χ1) is 8.99. The second-order valence-corrected chi connectivity index (χ2v) is 5.17. The van der Waals surface area contributed by atoms with E-state index in [0.29, 0.717) is 10.0 Å². The first kappa shape index (κ1) is 15.6. The molecule has 0 aliphatic carbocycles. The quantitative estimate of drug-likeness (QED) is 0.841. The normalized spacial score (nSPS) is 13.5. The lowest BCUT2D eigenvalue weighted by Gasteiger charge is -2.21. The first-order valence-corrected chi connectivity index (χ1v) is 6.78. The summed E-state index contributed by atoms with van der Waals surface area (Å²) in [4.78, 5) is 27.7. The first-order valence-electron chi connectivity index (χ1n) is 5.98. The van der Waals surface area contributed by atoms with Crippen LogP contribution in [-0.2, 0) is 9.53 Å². The molecule has 19 heavy (non-hydrogen) atoms. The summed E-state index contributed by atoms with van der Waals surface area (Å²) in [6.07, 6.45) is 3.80. The van der Waals surface area contributed by atoms with Crippen LogP contribution in [0.25, 0.3) is 0 Å². The molecule has 1 rings (SSSR count). The molecule has 0 spiro atoms. The van der Waals surface area contributed by atoms with E-state index < -0.39 is 12.0 Å². The Kier molecular flexibility index (Phi) is 5.95. The second kappa shape index (κ2) is 7.23. The average molecular weight is 329 g/mol. The number of nitrogens with one attached hydrogen (secondary N) is 1. The van der Waals surface area contributed by atoms with Crippen LogP contribution in [0.4, 0.5) is 0 Å². The summed E-state index contributed by atoms with van der Waals surface area (Å²) >= 11 is 3.25. The number of methoxy groups -OCH3 is 1. The van der Waals surface area contributed by atoms with Crippen molar-refractivity contribution in [2.24, 2.45) is 5.92 Å². The van der Waals surface area contributed by atoms with Crippen molar-refractivity contribution in [2.45, 2.75) is 26.3 Å². The zero-order chi connectivity index (χ0) is 14.4. The van der Waals surface area contributed by atoms with E-state index in [4.69, 9.17) is 4.74 Å². The van der Waals surface area contributed by atoms with Crippen LogP contribution in [-0.4, -0.2) is 30.0 Å². The van der Waals surface area contributed by atoms with E-state index in [9.17, 15) is 9.59 Å². The molecule has 0 aliphatic rings. The number of pyridine rings is 1. The Balaban J connectivity index is 2.84. The Hall–Kier alpha value is -1.43. The third kappa shape index (κ3) is 4.31. The fraction of sp³-hybridized carbons (Fsp3) is 0.462.